The summed E-state index contributed by atoms with van der Waals surface area (Å²) in [6.45, 7) is 1.92. The van der Waals surface area contributed by atoms with Crippen LogP contribution in [0.3, 0.4) is 0 Å². The second-order valence-electron chi connectivity index (χ2n) is 4.62. The van der Waals surface area contributed by atoms with Gasteiger partial charge >= 0.3 is 12.2 Å². The molecule has 6 nitrogen and oxygen atoms in total. The van der Waals surface area contributed by atoms with Crippen molar-refractivity contribution in [2.45, 2.75) is 19.7 Å². The molecule has 0 fully saturated rings. The lowest BCUT2D eigenvalue weighted by Crippen LogP contribution is -2.00. The summed E-state index contributed by atoms with van der Waals surface area (Å²) < 4.78 is 44.4. The van der Waals surface area contributed by atoms with E-state index in [0.29, 0.717) is 22.0 Å². The molecule has 0 radical (unpaired) electrons. The Morgan fingerprint density at radius 1 is 1.22 bits per heavy atom. The van der Waals surface area contributed by atoms with E-state index < -0.39 is 11.1 Å². The van der Waals surface area contributed by atoms with E-state index in [9.17, 15) is 13.2 Å². The van der Waals surface area contributed by atoms with Crippen molar-refractivity contribution in [3.63, 3.8) is 0 Å². The van der Waals surface area contributed by atoms with Gasteiger partial charge in [-0.2, -0.15) is 13.2 Å². The van der Waals surface area contributed by atoms with E-state index >= 15 is 0 Å². The molecule has 3 rings (SSSR count). The molecule has 0 spiro atoms. The number of aryl methyl sites for hydroxylation is 1. The molecule has 0 aliphatic rings. The molecule has 0 atom stereocenters. The van der Waals surface area contributed by atoms with Crippen molar-refractivity contribution < 1.29 is 17.9 Å². The van der Waals surface area contributed by atoms with E-state index in [1.807, 2.05) is 6.92 Å². The van der Waals surface area contributed by atoms with Gasteiger partial charge in [-0.1, -0.05) is 5.21 Å². The third kappa shape index (κ3) is 3.65. The SMILES string of the molecule is Cc1cnc(OCc2cn(-c3ccc(C(F)(F)F)s3)nn2)nc1. The standard InChI is InChI=1S/C13H10F3N5OS/c1-8-4-17-12(18-5-8)22-7-9-6-21(20-19-9)11-3-2-10(23-11)13(14,15)16/h2-6H,7H2,1H3. The van der Waals surface area contributed by atoms with Crippen molar-refractivity contribution in [1.82, 2.24) is 25.0 Å². The molecule has 3 aromatic rings. The lowest BCUT2D eigenvalue weighted by atomic mass is 10.4. The highest BCUT2D eigenvalue weighted by Crippen LogP contribution is 2.35. The van der Waals surface area contributed by atoms with Crippen LogP contribution in [0.15, 0.2) is 30.7 Å². The minimum absolute atomic E-state index is 0.0700. The van der Waals surface area contributed by atoms with E-state index in [0.717, 1.165) is 11.6 Å². The number of aromatic nitrogens is 5. The maximum absolute atomic E-state index is 12.6. The Labute approximate surface area is 132 Å². The molecule has 0 amide bonds. The first-order valence-electron chi connectivity index (χ1n) is 6.42. The van der Waals surface area contributed by atoms with Crippen molar-refractivity contribution in [1.29, 1.82) is 0 Å². The lowest BCUT2D eigenvalue weighted by Gasteiger charge is -2.01. The minimum atomic E-state index is -4.36. The van der Waals surface area contributed by atoms with Gasteiger partial charge in [0.15, 0.2) is 0 Å². The summed E-state index contributed by atoms with van der Waals surface area (Å²) in [5.74, 6) is 0. The fourth-order valence-corrected chi connectivity index (χ4v) is 2.47. The van der Waals surface area contributed by atoms with Gasteiger partial charge in [-0.25, -0.2) is 14.6 Å². The monoisotopic (exact) mass is 341 g/mol. The first-order valence-corrected chi connectivity index (χ1v) is 7.23. The van der Waals surface area contributed by atoms with Gasteiger partial charge in [0.25, 0.3) is 0 Å². The van der Waals surface area contributed by atoms with Gasteiger partial charge in [0, 0.05) is 12.4 Å². The van der Waals surface area contributed by atoms with Crippen molar-refractivity contribution >= 4 is 11.3 Å². The highest BCUT2D eigenvalue weighted by atomic mass is 32.1. The highest BCUT2D eigenvalue weighted by molar-refractivity contribution is 7.14. The number of ether oxygens (including phenoxy) is 1. The second kappa shape index (κ2) is 5.95. The molecule has 0 saturated carbocycles. The average Bonchev–Trinajstić information content (AvgIpc) is 3.15. The normalized spacial score (nSPS) is 11.7. The molecule has 0 saturated heterocycles. The van der Waals surface area contributed by atoms with Gasteiger partial charge < -0.3 is 4.74 Å². The maximum atomic E-state index is 12.6. The van der Waals surface area contributed by atoms with Gasteiger partial charge in [0.2, 0.25) is 0 Å². The molecule has 3 heterocycles. The van der Waals surface area contributed by atoms with E-state index in [1.54, 1.807) is 12.4 Å². The van der Waals surface area contributed by atoms with Crippen LogP contribution in [0.1, 0.15) is 16.1 Å². The van der Waals surface area contributed by atoms with Crippen LogP contribution in [0.25, 0.3) is 5.00 Å². The van der Waals surface area contributed by atoms with Gasteiger partial charge in [-0.15, -0.1) is 16.4 Å². The number of hydrogen-bond donors (Lipinski definition) is 0. The molecule has 0 aliphatic heterocycles. The topological polar surface area (TPSA) is 65.7 Å². The summed E-state index contributed by atoms with van der Waals surface area (Å²) >= 11 is 0.592. The molecule has 10 heteroatoms. The Kier molecular flexibility index (Phi) is 3.99. The highest BCUT2D eigenvalue weighted by Gasteiger charge is 2.32. The zero-order valence-electron chi connectivity index (χ0n) is 11.8. The average molecular weight is 341 g/mol. The van der Waals surface area contributed by atoms with Crippen LogP contribution >= 0.6 is 11.3 Å². The fraction of sp³-hybridized carbons (Fsp3) is 0.231. The molecule has 0 aliphatic carbocycles. The largest absolute Gasteiger partial charge is 0.457 e. The van der Waals surface area contributed by atoms with Gasteiger partial charge in [-0.05, 0) is 24.6 Å². The van der Waals surface area contributed by atoms with E-state index in [2.05, 4.69) is 20.3 Å². The maximum Gasteiger partial charge on any atom is 0.425 e. The predicted molar refractivity (Wildman–Crippen MR) is 75.3 cm³/mol. The Morgan fingerprint density at radius 2 is 1.96 bits per heavy atom. The fourth-order valence-electron chi connectivity index (χ4n) is 1.67. The van der Waals surface area contributed by atoms with Crippen LogP contribution in [0.5, 0.6) is 6.01 Å². The van der Waals surface area contributed by atoms with Crippen molar-refractivity contribution in [3.8, 4) is 11.0 Å². The molecule has 0 unspecified atom stereocenters. The third-order valence-corrected chi connectivity index (χ3v) is 3.86. The smallest absolute Gasteiger partial charge is 0.425 e. The van der Waals surface area contributed by atoms with Crippen molar-refractivity contribution in [3.05, 3.63) is 46.9 Å². The Balaban J connectivity index is 1.68. The number of rotatable bonds is 4. The molecule has 23 heavy (non-hydrogen) atoms. The summed E-state index contributed by atoms with van der Waals surface area (Å²) in [4.78, 5) is 7.27. The minimum Gasteiger partial charge on any atom is -0.457 e. The quantitative estimate of drug-likeness (QED) is 0.730. The van der Waals surface area contributed by atoms with Crippen LogP contribution in [-0.4, -0.2) is 25.0 Å². The Morgan fingerprint density at radius 3 is 2.61 bits per heavy atom. The predicted octanol–water partition coefficient (Wildman–Crippen LogP) is 3.03. The van der Waals surface area contributed by atoms with Gasteiger partial charge in [-0.3, -0.25) is 0 Å². The molecular formula is C13H10F3N5OS. The second-order valence-corrected chi connectivity index (χ2v) is 5.68. The third-order valence-electron chi connectivity index (χ3n) is 2.74. The first-order chi connectivity index (χ1) is 10.9. The molecule has 0 bridgehead atoms. The van der Waals surface area contributed by atoms with Crippen LogP contribution in [-0.2, 0) is 12.8 Å². The molecule has 3 aromatic heterocycles. The molecule has 120 valence electrons. The van der Waals surface area contributed by atoms with Gasteiger partial charge in [0.05, 0.1) is 6.20 Å². The Hall–Kier alpha value is -2.49. The zero-order valence-corrected chi connectivity index (χ0v) is 12.6. The van der Waals surface area contributed by atoms with Crippen LogP contribution in [0.2, 0.25) is 0 Å². The van der Waals surface area contributed by atoms with E-state index in [4.69, 9.17) is 4.74 Å². The summed E-state index contributed by atoms with van der Waals surface area (Å²) in [6.07, 6.45) is 0.366. The molecule has 0 aromatic carbocycles. The number of halogens is 3. The van der Waals surface area contributed by atoms with Crippen LogP contribution in [0, 0.1) is 6.92 Å². The molecular weight excluding hydrogens is 331 g/mol. The summed E-state index contributed by atoms with van der Waals surface area (Å²) in [6, 6.07) is 2.55. The summed E-state index contributed by atoms with van der Waals surface area (Å²) in [5, 5.41) is 7.97. The first kappa shape index (κ1) is 15.4. The Bertz CT molecular complexity index is 797. The zero-order chi connectivity index (χ0) is 16.4. The molecule has 0 N–H and O–H groups in total. The summed E-state index contributed by atoms with van der Waals surface area (Å²) in [7, 11) is 0. The number of alkyl halides is 3. The number of hydrogen-bond acceptors (Lipinski definition) is 6. The van der Waals surface area contributed by atoms with Gasteiger partial charge in [0.1, 0.15) is 22.2 Å². The number of nitrogens with zero attached hydrogens (tertiary/aromatic N) is 5. The van der Waals surface area contributed by atoms with Crippen molar-refractivity contribution in [2.24, 2.45) is 0 Å². The van der Waals surface area contributed by atoms with E-state index in [1.165, 1.54) is 16.9 Å². The summed E-state index contributed by atoms with van der Waals surface area (Å²) in [5.41, 5.74) is 1.36. The van der Waals surface area contributed by atoms with E-state index in [-0.39, 0.29) is 12.6 Å². The number of thiophene rings is 1. The lowest BCUT2D eigenvalue weighted by molar-refractivity contribution is -0.134. The van der Waals surface area contributed by atoms with Crippen LogP contribution in [0.4, 0.5) is 13.2 Å². The van der Waals surface area contributed by atoms with Crippen LogP contribution < -0.4 is 4.74 Å². The van der Waals surface area contributed by atoms with Crippen molar-refractivity contribution in [2.75, 3.05) is 0 Å².